The molecule has 0 unspecified atom stereocenters. The van der Waals surface area contributed by atoms with E-state index < -0.39 is 0 Å². The molecular formula is C11H9ClN6. The predicted molar refractivity (Wildman–Crippen MR) is 70.8 cm³/mol. The molecule has 0 atom stereocenters. The van der Waals surface area contributed by atoms with Crippen LogP contribution in [0.4, 0.5) is 17.5 Å². The molecule has 18 heavy (non-hydrogen) atoms. The SMILES string of the molecule is Nc1nc(Nc2cccc(Cl)c2)nc2[nH]cnc12. The van der Waals surface area contributed by atoms with Crippen LogP contribution in [0.1, 0.15) is 0 Å². The first-order chi connectivity index (χ1) is 8.72. The van der Waals surface area contributed by atoms with Crippen LogP contribution < -0.4 is 11.1 Å². The fourth-order valence-electron chi connectivity index (χ4n) is 1.61. The Balaban J connectivity index is 1.99. The predicted octanol–water partition coefficient (Wildman–Crippen LogP) is 2.33. The number of H-pyrrole nitrogens is 1. The van der Waals surface area contributed by atoms with Crippen LogP contribution >= 0.6 is 11.6 Å². The Morgan fingerprint density at radius 3 is 3.00 bits per heavy atom. The monoisotopic (exact) mass is 260 g/mol. The summed E-state index contributed by atoms with van der Waals surface area (Å²) in [6.07, 6.45) is 1.53. The molecule has 0 aliphatic rings. The van der Waals surface area contributed by atoms with Crippen molar-refractivity contribution in [1.29, 1.82) is 0 Å². The first-order valence-electron chi connectivity index (χ1n) is 5.21. The Bertz CT molecular complexity index is 708. The number of hydrogen-bond donors (Lipinski definition) is 3. The van der Waals surface area contributed by atoms with Crippen LogP contribution in [0.5, 0.6) is 0 Å². The summed E-state index contributed by atoms with van der Waals surface area (Å²) in [5.41, 5.74) is 7.73. The third-order valence-corrected chi connectivity index (χ3v) is 2.62. The highest BCUT2D eigenvalue weighted by molar-refractivity contribution is 6.30. The van der Waals surface area contributed by atoms with Crippen LogP contribution in [0.15, 0.2) is 30.6 Å². The second-order valence-corrected chi connectivity index (χ2v) is 4.10. The highest BCUT2D eigenvalue weighted by atomic mass is 35.5. The van der Waals surface area contributed by atoms with Gasteiger partial charge in [-0.05, 0) is 18.2 Å². The van der Waals surface area contributed by atoms with Gasteiger partial charge in [-0.3, -0.25) is 0 Å². The number of fused-ring (bicyclic) bond motifs is 1. The molecule has 2 aromatic heterocycles. The third-order valence-electron chi connectivity index (χ3n) is 2.39. The summed E-state index contributed by atoms with van der Waals surface area (Å²) in [5, 5.41) is 3.67. The normalized spacial score (nSPS) is 10.7. The van der Waals surface area contributed by atoms with Crippen molar-refractivity contribution in [1.82, 2.24) is 19.9 Å². The number of anilines is 3. The summed E-state index contributed by atoms with van der Waals surface area (Å²) in [6, 6.07) is 7.27. The Labute approximate surface area is 107 Å². The van der Waals surface area contributed by atoms with Gasteiger partial charge in [0.25, 0.3) is 0 Å². The minimum absolute atomic E-state index is 0.325. The summed E-state index contributed by atoms with van der Waals surface area (Å²) in [7, 11) is 0. The lowest BCUT2D eigenvalue weighted by molar-refractivity contribution is 1.20. The van der Waals surface area contributed by atoms with Gasteiger partial charge >= 0.3 is 0 Å². The molecule has 0 radical (unpaired) electrons. The van der Waals surface area contributed by atoms with E-state index >= 15 is 0 Å². The van der Waals surface area contributed by atoms with Crippen molar-refractivity contribution in [3.05, 3.63) is 35.6 Å². The summed E-state index contributed by atoms with van der Waals surface area (Å²) in [6.45, 7) is 0. The second-order valence-electron chi connectivity index (χ2n) is 3.67. The summed E-state index contributed by atoms with van der Waals surface area (Å²) >= 11 is 5.90. The number of hydrogen-bond acceptors (Lipinski definition) is 5. The van der Waals surface area contributed by atoms with E-state index in [1.807, 2.05) is 12.1 Å². The third kappa shape index (κ3) is 1.93. The number of halogens is 1. The highest BCUT2D eigenvalue weighted by Gasteiger charge is 2.07. The van der Waals surface area contributed by atoms with E-state index in [1.165, 1.54) is 6.33 Å². The number of aromatic amines is 1. The van der Waals surface area contributed by atoms with Gasteiger partial charge in [0, 0.05) is 10.7 Å². The maximum absolute atomic E-state index is 5.90. The van der Waals surface area contributed by atoms with Crippen molar-refractivity contribution in [2.45, 2.75) is 0 Å². The zero-order chi connectivity index (χ0) is 12.5. The maximum Gasteiger partial charge on any atom is 0.231 e. The molecule has 0 saturated heterocycles. The van der Waals surface area contributed by atoms with E-state index in [4.69, 9.17) is 17.3 Å². The number of nitrogens with zero attached hydrogens (tertiary/aromatic N) is 3. The van der Waals surface area contributed by atoms with Gasteiger partial charge in [-0.15, -0.1) is 0 Å². The van der Waals surface area contributed by atoms with E-state index in [1.54, 1.807) is 12.1 Å². The molecule has 90 valence electrons. The van der Waals surface area contributed by atoms with Crippen LogP contribution in [-0.2, 0) is 0 Å². The average molecular weight is 261 g/mol. The van der Waals surface area contributed by atoms with Gasteiger partial charge in [-0.2, -0.15) is 9.97 Å². The first kappa shape index (κ1) is 10.8. The number of nitrogens with two attached hydrogens (primary N) is 1. The van der Waals surface area contributed by atoms with E-state index in [-0.39, 0.29) is 0 Å². The largest absolute Gasteiger partial charge is 0.382 e. The number of rotatable bonds is 2. The highest BCUT2D eigenvalue weighted by Crippen LogP contribution is 2.20. The van der Waals surface area contributed by atoms with Crippen molar-refractivity contribution in [2.75, 3.05) is 11.1 Å². The zero-order valence-electron chi connectivity index (χ0n) is 9.18. The van der Waals surface area contributed by atoms with Gasteiger partial charge in [-0.25, -0.2) is 4.98 Å². The molecule has 0 bridgehead atoms. The number of benzene rings is 1. The standard InChI is InChI=1S/C11H9ClN6/c12-6-2-1-3-7(4-6)16-11-17-9(13)8-10(18-11)15-5-14-8/h1-5H,(H4,13,14,15,16,17,18). The van der Waals surface area contributed by atoms with Crippen LogP contribution in [0, 0.1) is 0 Å². The van der Waals surface area contributed by atoms with Crippen molar-refractivity contribution < 1.29 is 0 Å². The number of imidazole rings is 1. The van der Waals surface area contributed by atoms with E-state index in [2.05, 4.69) is 25.3 Å². The molecule has 0 saturated carbocycles. The van der Waals surface area contributed by atoms with Crippen LogP contribution in [0.2, 0.25) is 5.02 Å². The second kappa shape index (κ2) is 4.15. The van der Waals surface area contributed by atoms with Crippen molar-refractivity contribution in [3.63, 3.8) is 0 Å². The molecule has 7 heteroatoms. The lowest BCUT2D eigenvalue weighted by Gasteiger charge is -2.05. The quantitative estimate of drug-likeness (QED) is 0.658. The van der Waals surface area contributed by atoms with Crippen molar-refractivity contribution in [3.8, 4) is 0 Å². The van der Waals surface area contributed by atoms with E-state index in [9.17, 15) is 0 Å². The smallest absolute Gasteiger partial charge is 0.231 e. The van der Waals surface area contributed by atoms with Gasteiger partial charge in [0.1, 0.15) is 5.52 Å². The van der Waals surface area contributed by atoms with Gasteiger partial charge in [0.15, 0.2) is 11.5 Å². The number of nitrogens with one attached hydrogen (secondary N) is 2. The molecule has 0 amide bonds. The first-order valence-corrected chi connectivity index (χ1v) is 5.59. The van der Waals surface area contributed by atoms with Gasteiger partial charge < -0.3 is 16.0 Å². The van der Waals surface area contributed by atoms with Crippen LogP contribution in [-0.4, -0.2) is 19.9 Å². The topological polar surface area (TPSA) is 92.5 Å². The number of aromatic nitrogens is 4. The molecule has 4 N–H and O–H groups in total. The zero-order valence-corrected chi connectivity index (χ0v) is 9.94. The molecule has 0 fully saturated rings. The Morgan fingerprint density at radius 2 is 2.17 bits per heavy atom. The molecule has 1 aromatic carbocycles. The molecule has 3 rings (SSSR count). The summed E-state index contributed by atoms with van der Waals surface area (Å²) < 4.78 is 0. The lowest BCUT2D eigenvalue weighted by atomic mass is 10.3. The Kier molecular flexibility index (Phi) is 2.49. The van der Waals surface area contributed by atoms with Crippen molar-refractivity contribution in [2.24, 2.45) is 0 Å². The van der Waals surface area contributed by atoms with Crippen molar-refractivity contribution >= 4 is 40.2 Å². The summed E-state index contributed by atoms with van der Waals surface area (Å²) in [4.78, 5) is 15.3. The Hall–Kier alpha value is -2.34. The number of nitrogen functional groups attached to an aromatic ring is 1. The molecule has 0 spiro atoms. The van der Waals surface area contributed by atoms with Gasteiger partial charge in [0.2, 0.25) is 5.95 Å². The van der Waals surface area contributed by atoms with E-state index in [0.29, 0.717) is 28.0 Å². The minimum Gasteiger partial charge on any atom is -0.382 e. The molecule has 0 aliphatic heterocycles. The molecule has 6 nitrogen and oxygen atoms in total. The van der Waals surface area contributed by atoms with Crippen LogP contribution in [0.3, 0.4) is 0 Å². The Morgan fingerprint density at radius 1 is 1.28 bits per heavy atom. The maximum atomic E-state index is 5.90. The fraction of sp³-hybridized carbons (Fsp3) is 0. The van der Waals surface area contributed by atoms with E-state index in [0.717, 1.165) is 5.69 Å². The van der Waals surface area contributed by atoms with Crippen LogP contribution in [0.25, 0.3) is 11.2 Å². The minimum atomic E-state index is 0.325. The average Bonchev–Trinajstić information content (AvgIpc) is 2.77. The molecule has 2 heterocycles. The van der Waals surface area contributed by atoms with Gasteiger partial charge in [-0.1, -0.05) is 17.7 Å². The summed E-state index contributed by atoms with van der Waals surface area (Å²) in [5.74, 6) is 0.720. The van der Waals surface area contributed by atoms with Gasteiger partial charge in [0.05, 0.1) is 6.33 Å². The molecular weight excluding hydrogens is 252 g/mol. The molecule has 0 aliphatic carbocycles. The fourth-order valence-corrected chi connectivity index (χ4v) is 1.80. The lowest BCUT2D eigenvalue weighted by Crippen LogP contribution is -2.01. The molecule has 3 aromatic rings.